The summed E-state index contributed by atoms with van der Waals surface area (Å²) >= 11 is 3.23. The number of aromatic nitrogens is 3. The van der Waals surface area contributed by atoms with Gasteiger partial charge in [0.25, 0.3) is 5.56 Å². The molecule has 16 heavy (non-hydrogen) atoms. The average molecular weight is 251 g/mol. The van der Waals surface area contributed by atoms with Crippen molar-refractivity contribution in [2.75, 3.05) is 0 Å². The van der Waals surface area contributed by atoms with Crippen LogP contribution in [-0.4, -0.2) is 15.0 Å². The van der Waals surface area contributed by atoms with Crippen molar-refractivity contribution >= 4 is 23.1 Å². The van der Waals surface area contributed by atoms with Crippen LogP contribution in [0.3, 0.4) is 0 Å². The first-order chi connectivity index (χ1) is 7.74. The van der Waals surface area contributed by atoms with E-state index in [9.17, 15) is 4.79 Å². The summed E-state index contributed by atoms with van der Waals surface area (Å²) in [6.07, 6.45) is 0. The fourth-order valence-corrected chi connectivity index (χ4v) is 3.40. The largest absolute Gasteiger partial charge is 0.304 e. The van der Waals surface area contributed by atoms with Crippen molar-refractivity contribution in [2.24, 2.45) is 0 Å². The summed E-state index contributed by atoms with van der Waals surface area (Å²) in [6.45, 7) is 1.93. The maximum Gasteiger partial charge on any atom is 0.255 e. The molecule has 82 valence electrons. The quantitative estimate of drug-likeness (QED) is 0.841. The topological polar surface area (TPSA) is 58.6 Å². The molecule has 0 radical (unpaired) electrons. The highest BCUT2D eigenvalue weighted by Gasteiger charge is 2.18. The van der Waals surface area contributed by atoms with E-state index in [2.05, 4.69) is 15.0 Å². The molecule has 0 aromatic carbocycles. The van der Waals surface area contributed by atoms with E-state index in [1.807, 2.05) is 12.3 Å². The molecule has 0 atom stereocenters. The van der Waals surface area contributed by atoms with Gasteiger partial charge in [0, 0.05) is 28.1 Å². The third kappa shape index (κ3) is 1.58. The van der Waals surface area contributed by atoms with Gasteiger partial charge in [-0.1, -0.05) is 0 Å². The van der Waals surface area contributed by atoms with E-state index in [0.717, 1.165) is 33.5 Å². The minimum absolute atomic E-state index is 0.0159. The third-order valence-electron chi connectivity index (χ3n) is 2.41. The molecule has 0 saturated carbocycles. The first-order valence-corrected chi connectivity index (χ1v) is 6.90. The molecular formula is C10H9N3OS2. The van der Waals surface area contributed by atoms with Crippen LogP contribution in [0.25, 0.3) is 10.8 Å². The molecule has 2 aromatic heterocycles. The van der Waals surface area contributed by atoms with Gasteiger partial charge in [0.1, 0.15) is 0 Å². The van der Waals surface area contributed by atoms with Crippen molar-refractivity contribution in [3.63, 3.8) is 0 Å². The predicted molar refractivity (Wildman–Crippen MR) is 65.7 cm³/mol. The molecule has 2 aromatic rings. The minimum atomic E-state index is -0.0159. The third-order valence-corrected chi connectivity index (χ3v) is 4.35. The van der Waals surface area contributed by atoms with Gasteiger partial charge in [-0.3, -0.25) is 4.79 Å². The van der Waals surface area contributed by atoms with E-state index in [1.54, 1.807) is 11.8 Å². The highest BCUT2D eigenvalue weighted by Crippen LogP contribution is 2.27. The zero-order chi connectivity index (χ0) is 11.1. The molecule has 4 nitrogen and oxygen atoms in total. The lowest BCUT2D eigenvalue weighted by Crippen LogP contribution is -2.15. The Hall–Kier alpha value is -1.14. The Labute approximate surface area is 100 Å². The molecule has 0 saturated heterocycles. The number of hydrogen-bond acceptors (Lipinski definition) is 5. The van der Waals surface area contributed by atoms with Gasteiger partial charge in [-0.05, 0) is 6.92 Å². The number of H-pyrrole nitrogens is 1. The molecule has 1 aliphatic rings. The highest BCUT2D eigenvalue weighted by atomic mass is 32.2. The summed E-state index contributed by atoms with van der Waals surface area (Å²) in [5.74, 6) is 2.20. The van der Waals surface area contributed by atoms with Gasteiger partial charge in [0.15, 0.2) is 10.8 Å². The summed E-state index contributed by atoms with van der Waals surface area (Å²) in [4.78, 5) is 23.4. The SMILES string of the molecule is Cc1csc(-c2nc3c(c(=O)[nH]2)CSC3)n1. The van der Waals surface area contributed by atoms with Crippen LogP contribution >= 0.6 is 23.1 Å². The molecule has 0 amide bonds. The van der Waals surface area contributed by atoms with E-state index < -0.39 is 0 Å². The van der Waals surface area contributed by atoms with Gasteiger partial charge < -0.3 is 4.98 Å². The minimum Gasteiger partial charge on any atom is -0.304 e. The van der Waals surface area contributed by atoms with Crippen LogP contribution < -0.4 is 5.56 Å². The first kappa shape index (κ1) is 10.0. The Balaban J connectivity index is 2.16. The molecule has 6 heteroatoms. The standard InChI is InChI=1S/C10H9N3OS2/c1-5-2-16-10(11-5)8-12-7-4-15-3-6(7)9(14)13-8/h2H,3-4H2,1H3,(H,12,13,14). The second kappa shape index (κ2) is 3.71. The van der Waals surface area contributed by atoms with Crippen LogP contribution in [0.1, 0.15) is 17.0 Å². The lowest BCUT2D eigenvalue weighted by atomic mass is 10.3. The van der Waals surface area contributed by atoms with Crippen molar-refractivity contribution in [2.45, 2.75) is 18.4 Å². The van der Waals surface area contributed by atoms with Gasteiger partial charge in [0.2, 0.25) is 0 Å². The van der Waals surface area contributed by atoms with Crippen molar-refractivity contribution in [1.29, 1.82) is 0 Å². The number of hydrogen-bond donors (Lipinski definition) is 1. The first-order valence-electron chi connectivity index (χ1n) is 4.86. The van der Waals surface area contributed by atoms with E-state index >= 15 is 0 Å². The average Bonchev–Trinajstić information content (AvgIpc) is 2.85. The van der Waals surface area contributed by atoms with Gasteiger partial charge >= 0.3 is 0 Å². The number of rotatable bonds is 1. The highest BCUT2D eigenvalue weighted by molar-refractivity contribution is 7.98. The number of aryl methyl sites for hydroxylation is 1. The normalized spacial score (nSPS) is 14.1. The Kier molecular flexibility index (Phi) is 2.33. The van der Waals surface area contributed by atoms with Crippen LogP contribution in [0, 0.1) is 6.92 Å². The van der Waals surface area contributed by atoms with Gasteiger partial charge in [-0.2, -0.15) is 11.8 Å². The van der Waals surface area contributed by atoms with E-state index in [-0.39, 0.29) is 5.56 Å². The summed E-state index contributed by atoms with van der Waals surface area (Å²) in [7, 11) is 0. The molecule has 0 spiro atoms. The van der Waals surface area contributed by atoms with Crippen molar-refractivity contribution < 1.29 is 0 Å². The number of aromatic amines is 1. The summed E-state index contributed by atoms with van der Waals surface area (Å²) in [5.41, 5.74) is 2.68. The predicted octanol–water partition coefficient (Wildman–Crippen LogP) is 1.95. The van der Waals surface area contributed by atoms with Crippen molar-refractivity contribution in [1.82, 2.24) is 15.0 Å². The molecule has 0 aliphatic carbocycles. The number of fused-ring (bicyclic) bond motifs is 1. The molecular weight excluding hydrogens is 242 g/mol. The maximum atomic E-state index is 11.8. The Morgan fingerprint density at radius 3 is 3.00 bits per heavy atom. The smallest absolute Gasteiger partial charge is 0.255 e. The number of thioether (sulfide) groups is 1. The Morgan fingerprint density at radius 2 is 2.25 bits per heavy atom. The fourth-order valence-electron chi connectivity index (χ4n) is 1.63. The molecule has 0 fully saturated rings. The maximum absolute atomic E-state index is 11.8. The Morgan fingerprint density at radius 1 is 1.38 bits per heavy atom. The molecule has 0 bridgehead atoms. The lowest BCUT2D eigenvalue weighted by Gasteiger charge is -1.99. The molecule has 1 aliphatic heterocycles. The number of nitrogens with one attached hydrogen (secondary N) is 1. The number of nitrogens with zero attached hydrogens (tertiary/aromatic N) is 2. The zero-order valence-electron chi connectivity index (χ0n) is 8.61. The second-order valence-corrected chi connectivity index (χ2v) is 5.47. The van der Waals surface area contributed by atoms with Gasteiger partial charge in [0.05, 0.1) is 5.69 Å². The van der Waals surface area contributed by atoms with E-state index in [1.165, 1.54) is 11.3 Å². The monoisotopic (exact) mass is 251 g/mol. The molecule has 3 heterocycles. The van der Waals surface area contributed by atoms with Gasteiger partial charge in [-0.25, -0.2) is 9.97 Å². The zero-order valence-corrected chi connectivity index (χ0v) is 10.2. The Bertz CT molecular complexity index is 602. The van der Waals surface area contributed by atoms with Crippen LogP contribution in [-0.2, 0) is 11.5 Å². The van der Waals surface area contributed by atoms with E-state index in [0.29, 0.717) is 5.82 Å². The summed E-state index contributed by atoms with van der Waals surface area (Å²) in [5, 5.41) is 2.74. The summed E-state index contributed by atoms with van der Waals surface area (Å²) < 4.78 is 0. The molecule has 3 rings (SSSR count). The van der Waals surface area contributed by atoms with E-state index in [4.69, 9.17) is 0 Å². The lowest BCUT2D eigenvalue weighted by molar-refractivity contribution is 1.03. The van der Waals surface area contributed by atoms with Gasteiger partial charge in [-0.15, -0.1) is 11.3 Å². The fraction of sp³-hybridized carbons (Fsp3) is 0.300. The molecule has 0 unspecified atom stereocenters. The number of thiazole rings is 1. The summed E-state index contributed by atoms with van der Waals surface area (Å²) in [6, 6.07) is 0. The van der Waals surface area contributed by atoms with Crippen molar-refractivity contribution in [3.8, 4) is 10.8 Å². The van der Waals surface area contributed by atoms with Crippen LogP contribution in [0.15, 0.2) is 10.2 Å². The molecule has 1 N–H and O–H groups in total. The second-order valence-electron chi connectivity index (χ2n) is 3.63. The van der Waals surface area contributed by atoms with Crippen molar-refractivity contribution in [3.05, 3.63) is 32.7 Å². The van der Waals surface area contributed by atoms with Crippen LogP contribution in [0.2, 0.25) is 0 Å². The van der Waals surface area contributed by atoms with Crippen LogP contribution in [0.5, 0.6) is 0 Å². The van der Waals surface area contributed by atoms with Crippen LogP contribution in [0.4, 0.5) is 0 Å².